The van der Waals surface area contributed by atoms with E-state index < -0.39 is 10.0 Å². The number of amides is 1. The normalized spacial score (nSPS) is 12.1. The van der Waals surface area contributed by atoms with E-state index in [2.05, 4.69) is 10.0 Å². The number of rotatable bonds is 8. The molecule has 146 valence electrons. The Morgan fingerprint density at radius 2 is 1.78 bits per heavy atom. The molecule has 0 aliphatic carbocycles. The van der Waals surface area contributed by atoms with Crippen LogP contribution in [-0.4, -0.2) is 34.8 Å². The Labute approximate surface area is 159 Å². The molecule has 7 nitrogen and oxygen atoms in total. The minimum Gasteiger partial charge on any atom is -0.493 e. The number of ether oxygens (including phenoxy) is 2. The smallest absolute Gasteiger partial charge is 0.251 e. The fourth-order valence-electron chi connectivity index (χ4n) is 2.67. The number of methoxy groups -OCH3 is 2. The van der Waals surface area contributed by atoms with Gasteiger partial charge in [0.15, 0.2) is 11.5 Å². The molecule has 0 saturated heterocycles. The van der Waals surface area contributed by atoms with E-state index in [9.17, 15) is 13.2 Å². The number of carbonyl (C=O) groups excluding carboxylic acids is 1. The molecule has 0 radical (unpaired) electrons. The summed E-state index contributed by atoms with van der Waals surface area (Å²) in [7, 11) is -0.292. The van der Waals surface area contributed by atoms with Gasteiger partial charge in [-0.2, -0.15) is 0 Å². The van der Waals surface area contributed by atoms with Crippen molar-refractivity contribution < 1.29 is 22.7 Å². The van der Waals surface area contributed by atoms with E-state index in [1.165, 1.54) is 6.07 Å². The molecule has 2 N–H and O–H groups in total. The van der Waals surface area contributed by atoms with Crippen LogP contribution in [0.4, 0.5) is 5.69 Å². The molecule has 1 amide bonds. The summed E-state index contributed by atoms with van der Waals surface area (Å²) in [6.45, 7) is 1.96. The van der Waals surface area contributed by atoms with Gasteiger partial charge in [0.25, 0.3) is 5.91 Å². The average molecular weight is 392 g/mol. The molecule has 0 aliphatic rings. The zero-order valence-electron chi connectivity index (χ0n) is 15.8. The highest BCUT2D eigenvalue weighted by molar-refractivity contribution is 7.92. The number of nitrogens with one attached hydrogen (secondary N) is 2. The number of hydrogen-bond acceptors (Lipinski definition) is 5. The minimum atomic E-state index is -3.41. The number of carbonyl (C=O) groups is 1. The monoisotopic (exact) mass is 392 g/mol. The second-order valence-corrected chi connectivity index (χ2v) is 7.75. The summed E-state index contributed by atoms with van der Waals surface area (Å²) >= 11 is 0. The fourth-order valence-corrected chi connectivity index (χ4v) is 3.23. The standard InChI is InChI=1S/C19H24N2O5S/c1-5-16(13-9-10-17(25-2)18(12-13)26-3)20-19(22)14-7-6-8-15(11-14)21-27(4,23)24/h6-12,16,21H,5H2,1-4H3,(H,20,22)/t16-/m1/s1. The van der Waals surface area contributed by atoms with Crippen LogP contribution in [0.5, 0.6) is 11.5 Å². The van der Waals surface area contributed by atoms with E-state index in [0.29, 0.717) is 29.2 Å². The summed E-state index contributed by atoms with van der Waals surface area (Å²) in [6, 6.07) is 11.6. The SMILES string of the molecule is CC[C@@H](NC(=O)c1cccc(NS(C)(=O)=O)c1)c1ccc(OC)c(OC)c1. The Bertz CT molecular complexity index is 912. The predicted molar refractivity (Wildman–Crippen MR) is 105 cm³/mol. The lowest BCUT2D eigenvalue weighted by molar-refractivity contribution is 0.0935. The summed E-state index contributed by atoms with van der Waals surface area (Å²) in [6.07, 6.45) is 1.73. The first-order chi connectivity index (χ1) is 12.8. The first kappa shape index (κ1) is 20.6. The molecule has 0 heterocycles. The average Bonchev–Trinajstić information content (AvgIpc) is 2.64. The molecule has 0 saturated carbocycles. The second kappa shape index (κ2) is 8.77. The van der Waals surface area contributed by atoms with Gasteiger partial charge in [-0.3, -0.25) is 9.52 Å². The lowest BCUT2D eigenvalue weighted by atomic mass is 10.0. The third-order valence-corrected chi connectivity index (χ3v) is 4.56. The third-order valence-electron chi connectivity index (χ3n) is 3.95. The molecule has 0 unspecified atom stereocenters. The zero-order valence-corrected chi connectivity index (χ0v) is 16.6. The van der Waals surface area contributed by atoms with Crippen molar-refractivity contribution in [3.05, 3.63) is 53.6 Å². The first-order valence-electron chi connectivity index (χ1n) is 8.38. The molecule has 2 aromatic carbocycles. The van der Waals surface area contributed by atoms with E-state index in [1.807, 2.05) is 19.1 Å². The van der Waals surface area contributed by atoms with Crippen LogP contribution in [0.3, 0.4) is 0 Å². The fraction of sp³-hybridized carbons (Fsp3) is 0.316. The van der Waals surface area contributed by atoms with E-state index in [-0.39, 0.29) is 11.9 Å². The molecule has 0 aliphatic heterocycles. The van der Waals surface area contributed by atoms with Crippen LogP contribution < -0.4 is 19.5 Å². The summed E-state index contributed by atoms with van der Waals surface area (Å²) < 4.78 is 35.7. The van der Waals surface area contributed by atoms with Gasteiger partial charge in [0.1, 0.15) is 0 Å². The minimum absolute atomic E-state index is 0.233. The van der Waals surface area contributed by atoms with Crippen molar-refractivity contribution in [1.82, 2.24) is 5.32 Å². The second-order valence-electron chi connectivity index (χ2n) is 6.00. The van der Waals surface area contributed by atoms with E-state index in [4.69, 9.17) is 9.47 Å². The number of hydrogen-bond donors (Lipinski definition) is 2. The molecule has 0 spiro atoms. The molecule has 2 rings (SSSR count). The van der Waals surface area contributed by atoms with Crippen molar-refractivity contribution in [2.75, 3.05) is 25.2 Å². The van der Waals surface area contributed by atoms with Gasteiger partial charge in [0.2, 0.25) is 10.0 Å². The highest BCUT2D eigenvalue weighted by atomic mass is 32.2. The van der Waals surface area contributed by atoms with Gasteiger partial charge in [-0.25, -0.2) is 8.42 Å². The molecular formula is C19H24N2O5S. The zero-order chi connectivity index (χ0) is 20.0. The topological polar surface area (TPSA) is 93.7 Å². The molecule has 2 aromatic rings. The first-order valence-corrected chi connectivity index (χ1v) is 10.3. The van der Waals surface area contributed by atoms with Crippen LogP contribution in [0, 0.1) is 0 Å². The van der Waals surface area contributed by atoms with Gasteiger partial charge < -0.3 is 14.8 Å². The molecule has 0 aromatic heterocycles. The summed E-state index contributed by atoms with van der Waals surface area (Å²) in [4.78, 5) is 12.6. The van der Waals surface area contributed by atoms with Crippen LogP contribution in [-0.2, 0) is 10.0 Å². The van der Waals surface area contributed by atoms with Crippen LogP contribution in [0.25, 0.3) is 0 Å². The van der Waals surface area contributed by atoms with Crippen molar-refractivity contribution in [2.24, 2.45) is 0 Å². The lowest BCUT2D eigenvalue weighted by Crippen LogP contribution is -2.28. The van der Waals surface area contributed by atoms with Crippen LogP contribution in [0.1, 0.15) is 35.3 Å². The van der Waals surface area contributed by atoms with Crippen molar-refractivity contribution in [3.8, 4) is 11.5 Å². The summed E-state index contributed by atoms with van der Waals surface area (Å²) in [5.74, 6) is 0.901. The Kier molecular flexibility index (Phi) is 6.68. The Hall–Kier alpha value is -2.74. The van der Waals surface area contributed by atoms with Crippen LogP contribution in [0.15, 0.2) is 42.5 Å². The molecule has 1 atom stereocenters. The maximum absolute atomic E-state index is 12.6. The van der Waals surface area contributed by atoms with Gasteiger partial charge in [0, 0.05) is 11.3 Å². The lowest BCUT2D eigenvalue weighted by Gasteiger charge is -2.19. The van der Waals surface area contributed by atoms with E-state index in [0.717, 1.165) is 11.8 Å². The van der Waals surface area contributed by atoms with Gasteiger partial charge >= 0.3 is 0 Å². The molecule has 27 heavy (non-hydrogen) atoms. The highest BCUT2D eigenvalue weighted by Gasteiger charge is 2.17. The quantitative estimate of drug-likeness (QED) is 0.720. The van der Waals surface area contributed by atoms with Crippen molar-refractivity contribution >= 4 is 21.6 Å². The third kappa shape index (κ3) is 5.62. The molecule has 0 fully saturated rings. The van der Waals surface area contributed by atoms with Gasteiger partial charge in [-0.05, 0) is 42.3 Å². The van der Waals surface area contributed by atoms with Gasteiger partial charge in [-0.15, -0.1) is 0 Å². The maximum Gasteiger partial charge on any atom is 0.251 e. The number of anilines is 1. The van der Waals surface area contributed by atoms with Gasteiger partial charge in [0.05, 0.1) is 26.5 Å². The summed E-state index contributed by atoms with van der Waals surface area (Å²) in [5.41, 5.74) is 1.58. The van der Waals surface area contributed by atoms with Crippen LogP contribution in [0.2, 0.25) is 0 Å². The Morgan fingerprint density at radius 3 is 2.37 bits per heavy atom. The number of benzene rings is 2. The predicted octanol–water partition coefficient (Wildman–Crippen LogP) is 2.96. The highest BCUT2D eigenvalue weighted by Crippen LogP contribution is 2.31. The van der Waals surface area contributed by atoms with E-state index in [1.54, 1.807) is 38.5 Å². The van der Waals surface area contributed by atoms with Crippen molar-refractivity contribution in [1.29, 1.82) is 0 Å². The Balaban J connectivity index is 2.21. The van der Waals surface area contributed by atoms with E-state index >= 15 is 0 Å². The largest absolute Gasteiger partial charge is 0.493 e. The summed E-state index contributed by atoms with van der Waals surface area (Å²) in [5, 5.41) is 2.97. The van der Waals surface area contributed by atoms with Gasteiger partial charge in [-0.1, -0.05) is 19.1 Å². The Morgan fingerprint density at radius 1 is 1.07 bits per heavy atom. The molecular weight excluding hydrogens is 368 g/mol. The number of sulfonamides is 1. The molecule has 0 bridgehead atoms. The van der Waals surface area contributed by atoms with Crippen LogP contribution >= 0.6 is 0 Å². The molecule has 8 heteroatoms. The maximum atomic E-state index is 12.6. The van der Waals surface area contributed by atoms with Crippen molar-refractivity contribution in [3.63, 3.8) is 0 Å². The van der Waals surface area contributed by atoms with Crippen molar-refractivity contribution in [2.45, 2.75) is 19.4 Å².